The van der Waals surface area contributed by atoms with Gasteiger partial charge in [-0.1, -0.05) is 34.8 Å². The first-order chi connectivity index (χ1) is 10.5. The Labute approximate surface area is 148 Å². The van der Waals surface area contributed by atoms with Crippen LogP contribution in [-0.4, -0.2) is 18.3 Å². The quantitative estimate of drug-likeness (QED) is 0.530. The van der Waals surface area contributed by atoms with Gasteiger partial charge in [0.2, 0.25) is 0 Å². The van der Waals surface area contributed by atoms with Crippen LogP contribution in [0.1, 0.15) is 0 Å². The number of carbonyl (C=O) groups excluding carboxylic acids is 1. The highest BCUT2D eigenvalue weighted by atomic mass is 35.5. The third-order valence-electron chi connectivity index (χ3n) is 2.65. The summed E-state index contributed by atoms with van der Waals surface area (Å²) in [6.45, 7) is 0.542. The normalized spacial score (nSPS) is 10.3. The molecule has 0 saturated heterocycles. The SMILES string of the molecule is O=C(NCCSc1ccc(Cl)cc1)Nc1ccc(Cl)c(Cl)c1. The molecule has 2 rings (SSSR count). The van der Waals surface area contributed by atoms with Gasteiger partial charge in [-0.3, -0.25) is 0 Å². The Morgan fingerprint density at radius 1 is 1.00 bits per heavy atom. The van der Waals surface area contributed by atoms with Gasteiger partial charge in [0.25, 0.3) is 0 Å². The second-order valence-electron chi connectivity index (χ2n) is 4.31. The van der Waals surface area contributed by atoms with Gasteiger partial charge in [-0.15, -0.1) is 11.8 Å². The number of hydrogen-bond acceptors (Lipinski definition) is 2. The molecule has 2 N–H and O–H groups in total. The van der Waals surface area contributed by atoms with E-state index in [9.17, 15) is 4.79 Å². The van der Waals surface area contributed by atoms with Crippen molar-refractivity contribution in [3.8, 4) is 0 Å². The van der Waals surface area contributed by atoms with Crippen molar-refractivity contribution in [3.63, 3.8) is 0 Å². The van der Waals surface area contributed by atoms with Crippen LogP contribution >= 0.6 is 46.6 Å². The molecule has 0 aliphatic heterocycles. The Morgan fingerprint density at radius 2 is 1.73 bits per heavy atom. The Hall–Kier alpha value is -1.07. The molecule has 0 heterocycles. The summed E-state index contributed by atoms with van der Waals surface area (Å²) in [5.41, 5.74) is 0.595. The first kappa shape index (κ1) is 17.3. The third-order valence-corrected chi connectivity index (χ3v) is 4.65. The van der Waals surface area contributed by atoms with E-state index >= 15 is 0 Å². The highest BCUT2D eigenvalue weighted by molar-refractivity contribution is 7.99. The van der Waals surface area contributed by atoms with E-state index in [1.165, 1.54) is 0 Å². The van der Waals surface area contributed by atoms with Crippen molar-refractivity contribution in [2.75, 3.05) is 17.6 Å². The molecule has 116 valence electrons. The molecule has 0 aliphatic carbocycles. The molecule has 0 aromatic heterocycles. The predicted octanol–water partition coefficient (Wildman–Crippen LogP) is 5.56. The lowest BCUT2D eigenvalue weighted by molar-refractivity contribution is 0.252. The van der Waals surface area contributed by atoms with Crippen LogP contribution in [0.3, 0.4) is 0 Å². The summed E-state index contributed by atoms with van der Waals surface area (Å²) in [7, 11) is 0. The fraction of sp³-hybridized carbons (Fsp3) is 0.133. The Kier molecular flexibility index (Phi) is 6.70. The van der Waals surface area contributed by atoms with Crippen LogP contribution in [0.4, 0.5) is 10.5 Å². The maximum absolute atomic E-state index is 11.7. The van der Waals surface area contributed by atoms with Crippen LogP contribution in [0.15, 0.2) is 47.4 Å². The average Bonchev–Trinajstić information content (AvgIpc) is 2.49. The standard InChI is InChI=1S/C15H13Cl3N2OS/c16-10-1-4-12(5-2-10)22-8-7-19-15(21)20-11-3-6-13(17)14(18)9-11/h1-6,9H,7-8H2,(H2,19,20,21). The number of amides is 2. The molecule has 0 aliphatic rings. The molecule has 0 radical (unpaired) electrons. The summed E-state index contributed by atoms with van der Waals surface area (Å²) in [4.78, 5) is 12.8. The summed E-state index contributed by atoms with van der Waals surface area (Å²) in [6.07, 6.45) is 0. The van der Waals surface area contributed by atoms with E-state index in [1.807, 2.05) is 24.3 Å². The van der Waals surface area contributed by atoms with E-state index in [-0.39, 0.29) is 6.03 Å². The first-order valence-electron chi connectivity index (χ1n) is 6.43. The maximum Gasteiger partial charge on any atom is 0.319 e. The number of hydrogen-bond donors (Lipinski definition) is 2. The molecule has 0 saturated carbocycles. The molecular weight excluding hydrogens is 363 g/mol. The zero-order valence-electron chi connectivity index (χ0n) is 11.4. The fourth-order valence-corrected chi connectivity index (χ4v) is 2.81. The fourth-order valence-electron chi connectivity index (χ4n) is 1.61. The predicted molar refractivity (Wildman–Crippen MR) is 95.7 cm³/mol. The van der Waals surface area contributed by atoms with Gasteiger partial charge < -0.3 is 10.6 Å². The average molecular weight is 376 g/mol. The second-order valence-corrected chi connectivity index (χ2v) is 6.73. The molecule has 2 aromatic carbocycles. The Morgan fingerprint density at radius 3 is 2.41 bits per heavy atom. The number of carbonyl (C=O) groups is 1. The van der Waals surface area contributed by atoms with E-state index in [4.69, 9.17) is 34.8 Å². The lowest BCUT2D eigenvalue weighted by Crippen LogP contribution is -2.30. The smallest absolute Gasteiger partial charge is 0.319 e. The topological polar surface area (TPSA) is 41.1 Å². The number of halogens is 3. The molecule has 7 heteroatoms. The second kappa shape index (κ2) is 8.53. The summed E-state index contributed by atoms with van der Waals surface area (Å²) in [5, 5.41) is 7.03. The number of rotatable bonds is 5. The molecule has 22 heavy (non-hydrogen) atoms. The van der Waals surface area contributed by atoms with Gasteiger partial charge in [-0.2, -0.15) is 0 Å². The maximum atomic E-state index is 11.7. The van der Waals surface area contributed by atoms with Gasteiger partial charge in [0.15, 0.2) is 0 Å². The lowest BCUT2D eigenvalue weighted by Gasteiger charge is -2.08. The molecule has 0 bridgehead atoms. The minimum Gasteiger partial charge on any atom is -0.337 e. The first-order valence-corrected chi connectivity index (χ1v) is 8.55. The third kappa shape index (κ3) is 5.61. The van der Waals surface area contributed by atoms with Gasteiger partial charge >= 0.3 is 6.03 Å². The van der Waals surface area contributed by atoms with Crippen molar-refractivity contribution in [2.45, 2.75) is 4.90 Å². The number of nitrogens with one attached hydrogen (secondary N) is 2. The van der Waals surface area contributed by atoms with Crippen molar-refractivity contribution in [1.82, 2.24) is 5.32 Å². The summed E-state index contributed by atoms with van der Waals surface area (Å²) >= 11 is 19.2. The van der Waals surface area contributed by atoms with Gasteiger partial charge in [-0.05, 0) is 42.5 Å². The van der Waals surface area contributed by atoms with E-state index in [1.54, 1.807) is 30.0 Å². The zero-order valence-corrected chi connectivity index (χ0v) is 14.5. The van der Waals surface area contributed by atoms with Crippen LogP contribution in [0.5, 0.6) is 0 Å². The number of benzene rings is 2. The molecule has 2 amide bonds. The lowest BCUT2D eigenvalue weighted by atomic mass is 10.3. The molecule has 3 nitrogen and oxygen atoms in total. The highest BCUT2D eigenvalue weighted by Crippen LogP contribution is 2.25. The zero-order chi connectivity index (χ0) is 15.9. The van der Waals surface area contributed by atoms with Crippen molar-refractivity contribution in [2.24, 2.45) is 0 Å². The van der Waals surface area contributed by atoms with E-state index < -0.39 is 0 Å². The number of urea groups is 1. The van der Waals surface area contributed by atoms with Crippen LogP contribution in [0.25, 0.3) is 0 Å². The molecule has 0 unspecified atom stereocenters. The molecule has 0 spiro atoms. The molecule has 0 fully saturated rings. The summed E-state index contributed by atoms with van der Waals surface area (Å²) in [5.74, 6) is 0.760. The number of anilines is 1. The Bertz CT molecular complexity index is 650. The minimum atomic E-state index is -0.282. The molecular formula is C15H13Cl3N2OS. The van der Waals surface area contributed by atoms with Crippen LogP contribution < -0.4 is 10.6 Å². The molecule has 0 atom stereocenters. The van der Waals surface area contributed by atoms with Crippen molar-refractivity contribution in [3.05, 3.63) is 57.5 Å². The minimum absolute atomic E-state index is 0.282. The highest BCUT2D eigenvalue weighted by Gasteiger charge is 2.04. The van der Waals surface area contributed by atoms with Crippen molar-refractivity contribution < 1.29 is 4.79 Å². The van der Waals surface area contributed by atoms with E-state index in [0.29, 0.717) is 27.3 Å². The van der Waals surface area contributed by atoms with Gasteiger partial charge in [0.1, 0.15) is 0 Å². The number of thioether (sulfide) groups is 1. The van der Waals surface area contributed by atoms with Crippen molar-refractivity contribution in [1.29, 1.82) is 0 Å². The van der Waals surface area contributed by atoms with Gasteiger partial charge in [0.05, 0.1) is 10.0 Å². The summed E-state index contributed by atoms with van der Waals surface area (Å²) < 4.78 is 0. The summed E-state index contributed by atoms with van der Waals surface area (Å²) in [6, 6.07) is 12.2. The van der Waals surface area contributed by atoms with Crippen LogP contribution in [0, 0.1) is 0 Å². The molecule has 2 aromatic rings. The largest absolute Gasteiger partial charge is 0.337 e. The monoisotopic (exact) mass is 374 g/mol. The van der Waals surface area contributed by atoms with Crippen LogP contribution in [-0.2, 0) is 0 Å². The van der Waals surface area contributed by atoms with Gasteiger partial charge in [-0.25, -0.2) is 4.79 Å². The van der Waals surface area contributed by atoms with Crippen LogP contribution in [0.2, 0.25) is 15.1 Å². The van der Waals surface area contributed by atoms with E-state index in [0.717, 1.165) is 10.6 Å². The van der Waals surface area contributed by atoms with Crippen molar-refractivity contribution >= 4 is 58.3 Å². The van der Waals surface area contributed by atoms with E-state index in [2.05, 4.69) is 10.6 Å². The Balaban J connectivity index is 1.71. The van der Waals surface area contributed by atoms with Gasteiger partial charge in [0, 0.05) is 27.9 Å².